The summed E-state index contributed by atoms with van der Waals surface area (Å²) in [6, 6.07) is 0. The third-order valence-corrected chi connectivity index (χ3v) is 4.98. The molecule has 3 saturated carbocycles. The van der Waals surface area contributed by atoms with Crippen LogP contribution in [0.15, 0.2) is 0 Å². The van der Waals surface area contributed by atoms with Gasteiger partial charge < -0.3 is 0 Å². The Labute approximate surface area is 79.9 Å². The van der Waals surface area contributed by atoms with E-state index in [0.29, 0.717) is 17.1 Å². The van der Waals surface area contributed by atoms with Crippen LogP contribution in [0, 0.1) is 17.3 Å². The molecule has 3 aliphatic carbocycles. The summed E-state index contributed by atoms with van der Waals surface area (Å²) in [5.41, 5.74) is 0.523. The maximum absolute atomic E-state index is 11.7. The minimum absolute atomic E-state index is 0.498. The van der Waals surface area contributed by atoms with Gasteiger partial charge in [-0.05, 0) is 43.4 Å². The maximum atomic E-state index is 11.7. The first-order valence-electron chi connectivity index (χ1n) is 5.86. The summed E-state index contributed by atoms with van der Waals surface area (Å²) in [6.45, 7) is 0. The Morgan fingerprint density at radius 3 is 2.92 bits per heavy atom. The summed E-state index contributed by atoms with van der Waals surface area (Å²) in [6.07, 6.45) is 10.3. The molecule has 0 radical (unpaired) electrons. The van der Waals surface area contributed by atoms with Crippen molar-refractivity contribution >= 4 is 5.78 Å². The summed E-state index contributed by atoms with van der Waals surface area (Å²) in [4.78, 5) is 11.7. The van der Waals surface area contributed by atoms with E-state index in [1.807, 2.05) is 0 Å². The van der Waals surface area contributed by atoms with Gasteiger partial charge in [-0.25, -0.2) is 0 Å². The smallest absolute Gasteiger partial charge is 0.136 e. The van der Waals surface area contributed by atoms with Gasteiger partial charge in [0.1, 0.15) is 5.78 Å². The SMILES string of the molecule is O=C1CCC23CCCCC2CCC13. The van der Waals surface area contributed by atoms with Gasteiger partial charge in [0.2, 0.25) is 0 Å². The van der Waals surface area contributed by atoms with Crippen LogP contribution < -0.4 is 0 Å². The van der Waals surface area contributed by atoms with Crippen LogP contribution >= 0.6 is 0 Å². The zero-order chi connectivity index (χ0) is 8.89. The minimum atomic E-state index is 0.498. The lowest BCUT2D eigenvalue weighted by Crippen LogP contribution is -2.32. The lowest BCUT2D eigenvalue weighted by atomic mass is 9.65. The second-order valence-corrected chi connectivity index (χ2v) is 5.27. The first-order chi connectivity index (χ1) is 6.33. The van der Waals surface area contributed by atoms with E-state index in [-0.39, 0.29) is 0 Å². The van der Waals surface area contributed by atoms with E-state index < -0.39 is 0 Å². The summed E-state index contributed by atoms with van der Waals surface area (Å²) >= 11 is 0. The Hall–Kier alpha value is -0.330. The van der Waals surface area contributed by atoms with Crippen LogP contribution in [0.25, 0.3) is 0 Å². The molecule has 1 heteroatoms. The first kappa shape index (κ1) is 8.02. The van der Waals surface area contributed by atoms with E-state index in [1.165, 1.54) is 44.9 Å². The average molecular weight is 178 g/mol. The van der Waals surface area contributed by atoms with Gasteiger partial charge in [-0.2, -0.15) is 0 Å². The molecule has 3 atom stereocenters. The molecule has 0 aromatic rings. The Morgan fingerprint density at radius 1 is 1.08 bits per heavy atom. The second-order valence-electron chi connectivity index (χ2n) is 5.27. The molecule has 0 amide bonds. The van der Waals surface area contributed by atoms with Crippen molar-refractivity contribution in [3.63, 3.8) is 0 Å². The molecule has 1 nitrogen and oxygen atoms in total. The lowest BCUT2D eigenvalue weighted by molar-refractivity contribution is -0.122. The van der Waals surface area contributed by atoms with E-state index in [9.17, 15) is 4.79 Å². The van der Waals surface area contributed by atoms with E-state index in [4.69, 9.17) is 0 Å². The van der Waals surface area contributed by atoms with Crippen molar-refractivity contribution in [2.24, 2.45) is 17.3 Å². The Balaban J connectivity index is 1.96. The minimum Gasteiger partial charge on any atom is -0.299 e. The molecule has 3 fully saturated rings. The number of hydrogen-bond donors (Lipinski definition) is 0. The van der Waals surface area contributed by atoms with Crippen LogP contribution in [0.2, 0.25) is 0 Å². The molecule has 0 N–H and O–H groups in total. The van der Waals surface area contributed by atoms with Crippen LogP contribution in [0.1, 0.15) is 51.4 Å². The number of hydrogen-bond acceptors (Lipinski definition) is 1. The van der Waals surface area contributed by atoms with Crippen LogP contribution in [0.5, 0.6) is 0 Å². The first-order valence-corrected chi connectivity index (χ1v) is 5.86. The molecule has 3 rings (SSSR count). The predicted molar refractivity (Wildman–Crippen MR) is 51.4 cm³/mol. The van der Waals surface area contributed by atoms with E-state index in [2.05, 4.69) is 0 Å². The fourth-order valence-corrected chi connectivity index (χ4v) is 4.40. The number of ketones is 1. The largest absolute Gasteiger partial charge is 0.299 e. The van der Waals surface area contributed by atoms with Crippen LogP contribution in [-0.4, -0.2) is 5.78 Å². The Kier molecular flexibility index (Phi) is 1.59. The standard InChI is InChI=1S/C12H18O/c13-11-6-8-12-7-2-1-3-9(12)4-5-10(11)12/h9-10H,1-8H2. The Bertz CT molecular complexity index is 246. The zero-order valence-electron chi connectivity index (χ0n) is 8.22. The highest BCUT2D eigenvalue weighted by molar-refractivity contribution is 5.84. The topological polar surface area (TPSA) is 17.1 Å². The van der Waals surface area contributed by atoms with Gasteiger partial charge in [0.05, 0.1) is 0 Å². The fourth-order valence-electron chi connectivity index (χ4n) is 4.40. The molecule has 0 aromatic carbocycles. The van der Waals surface area contributed by atoms with Crippen LogP contribution in [0.4, 0.5) is 0 Å². The van der Waals surface area contributed by atoms with Gasteiger partial charge in [-0.15, -0.1) is 0 Å². The van der Waals surface area contributed by atoms with Crippen LogP contribution in [-0.2, 0) is 4.79 Å². The van der Waals surface area contributed by atoms with Gasteiger partial charge in [-0.1, -0.05) is 12.8 Å². The molecule has 3 unspecified atom stereocenters. The van der Waals surface area contributed by atoms with Crippen molar-refractivity contribution in [1.82, 2.24) is 0 Å². The number of carbonyl (C=O) groups is 1. The van der Waals surface area contributed by atoms with Gasteiger partial charge in [0.25, 0.3) is 0 Å². The molecule has 0 bridgehead atoms. The molecule has 0 heterocycles. The highest BCUT2D eigenvalue weighted by Crippen LogP contribution is 2.61. The molecule has 0 saturated heterocycles. The third kappa shape index (κ3) is 0.908. The van der Waals surface area contributed by atoms with Crippen molar-refractivity contribution < 1.29 is 4.79 Å². The highest BCUT2D eigenvalue weighted by Gasteiger charge is 2.56. The molecule has 3 aliphatic rings. The predicted octanol–water partition coefficient (Wildman–Crippen LogP) is 2.94. The lowest BCUT2D eigenvalue weighted by Gasteiger charge is -2.39. The number of Topliss-reactive ketones (excluding diaryl/α,β-unsaturated/α-hetero) is 1. The number of carbonyl (C=O) groups excluding carboxylic acids is 1. The van der Waals surface area contributed by atoms with E-state index >= 15 is 0 Å². The molecular formula is C12H18O. The molecule has 0 aromatic heterocycles. The number of rotatable bonds is 0. The zero-order valence-corrected chi connectivity index (χ0v) is 8.22. The van der Waals surface area contributed by atoms with Crippen molar-refractivity contribution in [3.8, 4) is 0 Å². The van der Waals surface area contributed by atoms with Gasteiger partial charge >= 0.3 is 0 Å². The quantitative estimate of drug-likeness (QED) is 0.557. The van der Waals surface area contributed by atoms with Gasteiger partial charge in [-0.3, -0.25) is 4.79 Å². The van der Waals surface area contributed by atoms with Crippen molar-refractivity contribution in [3.05, 3.63) is 0 Å². The summed E-state index contributed by atoms with van der Waals surface area (Å²) in [5.74, 6) is 2.03. The summed E-state index contributed by atoms with van der Waals surface area (Å²) in [7, 11) is 0. The van der Waals surface area contributed by atoms with Gasteiger partial charge in [0, 0.05) is 12.3 Å². The van der Waals surface area contributed by atoms with Crippen molar-refractivity contribution in [1.29, 1.82) is 0 Å². The normalized spacial score (nSPS) is 49.1. The monoisotopic (exact) mass is 178 g/mol. The van der Waals surface area contributed by atoms with Gasteiger partial charge in [0.15, 0.2) is 0 Å². The average Bonchev–Trinajstić information content (AvgIpc) is 2.65. The fraction of sp³-hybridized carbons (Fsp3) is 0.917. The Morgan fingerprint density at radius 2 is 2.00 bits per heavy atom. The summed E-state index contributed by atoms with van der Waals surface area (Å²) < 4.78 is 0. The molecule has 72 valence electrons. The summed E-state index contributed by atoms with van der Waals surface area (Å²) in [5, 5.41) is 0. The van der Waals surface area contributed by atoms with Crippen molar-refractivity contribution in [2.75, 3.05) is 0 Å². The van der Waals surface area contributed by atoms with E-state index in [0.717, 1.165) is 12.3 Å². The van der Waals surface area contributed by atoms with Crippen LogP contribution in [0.3, 0.4) is 0 Å². The third-order valence-electron chi connectivity index (χ3n) is 4.98. The van der Waals surface area contributed by atoms with Crippen molar-refractivity contribution in [2.45, 2.75) is 51.4 Å². The second kappa shape index (κ2) is 2.59. The van der Waals surface area contributed by atoms with E-state index in [1.54, 1.807) is 0 Å². The molecule has 13 heavy (non-hydrogen) atoms. The molecule has 0 aliphatic heterocycles. The molecular weight excluding hydrogens is 160 g/mol. The molecule has 1 spiro atoms. The maximum Gasteiger partial charge on any atom is 0.136 e. The highest BCUT2D eigenvalue weighted by atomic mass is 16.1.